The van der Waals surface area contributed by atoms with Crippen LogP contribution in [0.4, 0.5) is 0 Å². The van der Waals surface area contributed by atoms with Crippen molar-refractivity contribution in [3.8, 4) is 0 Å². The third kappa shape index (κ3) is 9.05. The lowest BCUT2D eigenvalue weighted by molar-refractivity contribution is -0.505. The lowest BCUT2D eigenvalue weighted by Crippen LogP contribution is -2.83. The fourth-order valence-corrected chi connectivity index (χ4v) is 2.88. The van der Waals surface area contributed by atoms with Gasteiger partial charge in [-0.15, -0.1) is 0 Å². The standard InChI is InChI=1S/C14H19NO4.C7H8O3S.C2H6/c1-13(2)18-9-14(15,10-19-13)12(16)17-8-11-6-4-3-5-7-11;1-6-2-4-7(5-3-6)11(8,9)10;1-2/h3-7H,8-10,15H2,1-2H3;2-5H,1H3,(H,8,9,10);1-2H3. The molecule has 1 fully saturated rings. The SMILES string of the molecule is CC.CC1(C)OCC([NH3+])(C(=O)OCc2ccccc2)CO1.Cc1ccc(S(=O)(=O)[O-])cc1. The summed E-state index contributed by atoms with van der Waals surface area (Å²) < 4.78 is 47.4. The lowest BCUT2D eigenvalue weighted by Gasteiger charge is -2.37. The van der Waals surface area contributed by atoms with Gasteiger partial charge >= 0.3 is 5.97 Å². The maximum Gasteiger partial charge on any atom is 0.373 e. The van der Waals surface area contributed by atoms with E-state index in [9.17, 15) is 17.8 Å². The Morgan fingerprint density at radius 2 is 1.53 bits per heavy atom. The van der Waals surface area contributed by atoms with E-state index in [0.717, 1.165) is 11.1 Å². The molecule has 3 rings (SSSR count). The molecule has 0 atom stereocenters. The van der Waals surface area contributed by atoms with E-state index in [1.165, 1.54) is 12.1 Å². The van der Waals surface area contributed by atoms with Gasteiger partial charge in [0.1, 0.15) is 29.9 Å². The van der Waals surface area contributed by atoms with Crippen molar-refractivity contribution in [1.82, 2.24) is 0 Å². The summed E-state index contributed by atoms with van der Waals surface area (Å²) >= 11 is 0. The van der Waals surface area contributed by atoms with E-state index in [1.54, 1.807) is 12.1 Å². The minimum Gasteiger partial charge on any atom is -0.744 e. The van der Waals surface area contributed by atoms with Crippen LogP contribution in [-0.2, 0) is 35.7 Å². The van der Waals surface area contributed by atoms with Crippen molar-refractivity contribution in [2.75, 3.05) is 13.2 Å². The average Bonchev–Trinajstić information content (AvgIpc) is 2.76. The number of benzene rings is 2. The second-order valence-electron chi connectivity index (χ2n) is 7.59. The molecule has 0 spiro atoms. The van der Waals surface area contributed by atoms with Crippen LogP contribution in [0.25, 0.3) is 0 Å². The predicted molar refractivity (Wildman–Crippen MR) is 118 cm³/mol. The molecule has 0 amide bonds. The van der Waals surface area contributed by atoms with Crippen molar-refractivity contribution in [2.24, 2.45) is 0 Å². The molecule has 0 radical (unpaired) electrons. The van der Waals surface area contributed by atoms with Gasteiger partial charge in [0.05, 0.1) is 4.90 Å². The van der Waals surface area contributed by atoms with Gasteiger partial charge in [0.25, 0.3) is 0 Å². The molecule has 0 unspecified atom stereocenters. The highest BCUT2D eigenvalue weighted by Gasteiger charge is 2.47. The van der Waals surface area contributed by atoms with Crippen molar-refractivity contribution in [2.45, 2.75) is 57.4 Å². The zero-order valence-corrected chi connectivity index (χ0v) is 20.1. The van der Waals surface area contributed by atoms with Gasteiger partial charge in [0.2, 0.25) is 5.54 Å². The summed E-state index contributed by atoms with van der Waals surface area (Å²) in [6.07, 6.45) is 0. The summed E-state index contributed by atoms with van der Waals surface area (Å²) in [7, 11) is -4.27. The molecule has 2 aromatic carbocycles. The molecule has 9 heteroatoms. The van der Waals surface area contributed by atoms with Crippen LogP contribution in [0.3, 0.4) is 0 Å². The molecule has 3 N–H and O–H groups in total. The van der Waals surface area contributed by atoms with Crippen molar-refractivity contribution in [3.05, 3.63) is 65.7 Å². The van der Waals surface area contributed by atoms with Gasteiger partial charge in [0.15, 0.2) is 5.79 Å². The molecule has 32 heavy (non-hydrogen) atoms. The molecule has 1 saturated heterocycles. The number of carbonyl (C=O) groups excluding carboxylic acids is 1. The Labute approximate surface area is 190 Å². The van der Waals surface area contributed by atoms with Gasteiger partial charge < -0.3 is 24.5 Å². The lowest BCUT2D eigenvalue weighted by atomic mass is 10.0. The van der Waals surface area contributed by atoms with E-state index in [-0.39, 0.29) is 24.7 Å². The van der Waals surface area contributed by atoms with Gasteiger partial charge in [-0.05, 0) is 38.5 Å². The number of ether oxygens (including phenoxy) is 3. The van der Waals surface area contributed by atoms with Crippen LogP contribution in [0.2, 0.25) is 0 Å². The van der Waals surface area contributed by atoms with Crippen LogP contribution in [0, 0.1) is 6.92 Å². The van der Waals surface area contributed by atoms with Crippen LogP contribution in [0.5, 0.6) is 0 Å². The summed E-state index contributed by atoms with van der Waals surface area (Å²) in [5.74, 6) is -1.06. The summed E-state index contributed by atoms with van der Waals surface area (Å²) in [6.45, 7) is 10.1. The largest absolute Gasteiger partial charge is 0.744 e. The zero-order chi connectivity index (χ0) is 24.4. The first-order valence-corrected chi connectivity index (χ1v) is 11.7. The molecule has 0 bridgehead atoms. The Balaban J connectivity index is 0.000000335. The molecular formula is C23H33NO7S. The molecule has 0 aromatic heterocycles. The summed E-state index contributed by atoms with van der Waals surface area (Å²) in [5.41, 5.74) is 4.77. The Morgan fingerprint density at radius 1 is 1.03 bits per heavy atom. The number of carbonyl (C=O) groups is 1. The van der Waals surface area contributed by atoms with Gasteiger partial charge in [-0.25, -0.2) is 13.2 Å². The minimum absolute atomic E-state index is 0.178. The third-order valence-electron chi connectivity index (χ3n) is 4.35. The molecule has 1 aliphatic heterocycles. The minimum atomic E-state index is -4.27. The first kappa shape index (κ1) is 27.7. The second kappa shape index (κ2) is 12.1. The van der Waals surface area contributed by atoms with Crippen LogP contribution < -0.4 is 5.73 Å². The summed E-state index contributed by atoms with van der Waals surface area (Å²) in [5, 5.41) is 0. The molecule has 0 saturated carbocycles. The molecule has 1 aliphatic rings. The normalized spacial score (nSPS) is 16.5. The van der Waals surface area contributed by atoms with Gasteiger partial charge in [0, 0.05) is 0 Å². The van der Waals surface area contributed by atoms with Gasteiger partial charge in [-0.2, -0.15) is 0 Å². The van der Waals surface area contributed by atoms with E-state index >= 15 is 0 Å². The highest BCUT2D eigenvalue weighted by atomic mass is 32.2. The highest BCUT2D eigenvalue weighted by molar-refractivity contribution is 7.85. The predicted octanol–water partition coefficient (Wildman–Crippen LogP) is 2.42. The van der Waals surface area contributed by atoms with E-state index in [1.807, 2.05) is 65.0 Å². The maximum atomic E-state index is 12.1. The number of aryl methyl sites for hydroxylation is 1. The fourth-order valence-electron chi connectivity index (χ4n) is 2.41. The van der Waals surface area contributed by atoms with E-state index < -0.39 is 27.4 Å². The molecule has 1 heterocycles. The van der Waals surface area contributed by atoms with Crippen LogP contribution in [-0.4, -0.2) is 43.5 Å². The molecule has 2 aromatic rings. The second-order valence-corrected chi connectivity index (χ2v) is 8.97. The first-order valence-electron chi connectivity index (χ1n) is 10.3. The molecule has 8 nitrogen and oxygen atoms in total. The van der Waals surface area contributed by atoms with Gasteiger partial charge in [-0.3, -0.25) is 0 Å². The summed E-state index contributed by atoms with van der Waals surface area (Å²) in [6, 6.07) is 15.3. The van der Waals surface area contributed by atoms with Gasteiger partial charge in [-0.1, -0.05) is 61.9 Å². The zero-order valence-electron chi connectivity index (χ0n) is 19.3. The van der Waals surface area contributed by atoms with Crippen LogP contribution in [0.15, 0.2) is 59.5 Å². The highest BCUT2D eigenvalue weighted by Crippen LogP contribution is 2.22. The number of quaternary nitrogens is 1. The number of hydrogen-bond donors (Lipinski definition) is 1. The Bertz CT molecular complexity index is 932. The van der Waals surface area contributed by atoms with Crippen molar-refractivity contribution in [1.29, 1.82) is 0 Å². The Hall–Kier alpha value is -2.30. The smallest absolute Gasteiger partial charge is 0.373 e. The van der Waals surface area contributed by atoms with E-state index in [2.05, 4.69) is 5.73 Å². The molecule has 0 aliphatic carbocycles. The molecule has 178 valence electrons. The van der Waals surface area contributed by atoms with E-state index in [0.29, 0.717) is 0 Å². The Morgan fingerprint density at radius 3 is 2.00 bits per heavy atom. The molecular weight excluding hydrogens is 434 g/mol. The third-order valence-corrected chi connectivity index (χ3v) is 5.20. The van der Waals surface area contributed by atoms with Crippen molar-refractivity contribution < 1.29 is 37.7 Å². The maximum absolute atomic E-state index is 12.1. The van der Waals surface area contributed by atoms with Crippen LogP contribution >= 0.6 is 0 Å². The summed E-state index contributed by atoms with van der Waals surface area (Å²) in [4.78, 5) is 11.9. The number of hydrogen-bond acceptors (Lipinski definition) is 7. The monoisotopic (exact) mass is 467 g/mol. The van der Waals surface area contributed by atoms with Crippen molar-refractivity contribution in [3.63, 3.8) is 0 Å². The van der Waals surface area contributed by atoms with E-state index in [4.69, 9.17) is 14.2 Å². The Kier molecular flexibility index (Phi) is 10.5. The number of esters is 1. The van der Waals surface area contributed by atoms with Crippen molar-refractivity contribution >= 4 is 16.1 Å². The quantitative estimate of drug-likeness (QED) is 0.540. The number of rotatable bonds is 4. The topological polar surface area (TPSA) is 130 Å². The van der Waals surface area contributed by atoms with Crippen LogP contribution in [0.1, 0.15) is 38.8 Å². The average molecular weight is 468 g/mol. The fraction of sp³-hybridized carbons (Fsp3) is 0.435. The first-order chi connectivity index (χ1) is 14.9.